The monoisotopic (exact) mass is 489 g/mol. The summed E-state index contributed by atoms with van der Waals surface area (Å²) in [7, 11) is 0. The summed E-state index contributed by atoms with van der Waals surface area (Å²) in [6, 6.07) is 15.9. The van der Waals surface area contributed by atoms with Crippen molar-refractivity contribution in [2.24, 2.45) is 0 Å². The number of thioether (sulfide) groups is 1. The van der Waals surface area contributed by atoms with E-state index in [1.54, 1.807) is 30.3 Å². The molecule has 4 N–H and O–H groups in total. The number of hydrogen-bond acceptors (Lipinski definition) is 6. The Labute approximate surface area is 205 Å². The van der Waals surface area contributed by atoms with Gasteiger partial charge in [-0.2, -0.15) is 5.10 Å². The van der Waals surface area contributed by atoms with Crippen LogP contribution in [0.5, 0.6) is 0 Å². The number of amides is 3. The zero-order valence-corrected chi connectivity index (χ0v) is 19.7. The highest BCUT2D eigenvalue weighted by molar-refractivity contribution is 8.04. The van der Waals surface area contributed by atoms with Gasteiger partial charge in [0.25, 0.3) is 5.91 Å². The lowest BCUT2D eigenvalue weighted by atomic mass is 9.99. The van der Waals surface area contributed by atoms with Crippen LogP contribution in [-0.4, -0.2) is 46.0 Å². The normalized spacial score (nSPS) is 12.5. The third kappa shape index (κ3) is 5.85. The van der Waals surface area contributed by atoms with E-state index < -0.39 is 17.5 Å². The quantitative estimate of drug-likeness (QED) is 0.351. The SMILES string of the molecule is Cc1cccc(NC(=O)NCCCSC2=CC(=O)c3n[nH]c(C(=O)Nc4ccccc4)c3C2=O)c1. The Morgan fingerprint density at radius 3 is 2.54 bits per heavy atom. The number of urea groups is 1. The van der Waals surface area contributed by atoms with Crippen molar-refractivity contribution in [1.82, 2.24) is 15.5 Å². The van der Waals surface area contributed by atoms with E-state index in [-0.39, 0.29) is 27.9 Å². The smallest absolute Gasteiger partial charge is 0.319 e. The number of ketones is 2. The molecule has 4 rings (SSSR count). The number of carbonyl (C=O) groups excluding carboxylic acids is 4. The van der Waals surface area contributed by atoms with Crippen LogP contribution < -0.4 is 16.0 Å². The lowest BCUT2D eigenvalue weighted by Crippen LogP contribution is -2.29. The summed E-state index contributed by atoms with van der Waals surface area (Å²) in [5.74, 6) is -0.926. The van der Waals surface area contributed by atoms with Crippen molar-refractivity contribution in [3.63, 3.8) is 0 Å². The number of anilines is 2. The van der Waals surface area contributed by atoms with E-state index in [0.29, 0.717) is 30.1 Å². The molecule has 178 valence electrons. The fraction of sp³-hybridized carbons (Fsp3) is 0.160. The maximum Gasteiger partial charge on any atom is 0.319 e. The number of aromatic amines is 1. The second kappa shape index (κ2) is 10.8. The van der Waals surface area contributed by atoms with Gasteiger partial charge in [-0.15, -0.1) is 11.8 Å². The van der Waals surface area contributed by atoms with Gasteiger partial charge >= 0.3 is 6.03 Å². The Bertz CT molecular complexity index is 1320. The van der Waals surface area contributed by atoms with E-state index in [1.807, 2.05) is 31.2 Å². The Hall–Kier alpha value is -4.18. The number of hydrogen-bond donors (Lipinski definition) is 4. The van der Waals surface area contributed by atoms with E-state index in [9.17, 15) is 19.2 Å². The molecule has 9 nitrogen and oxygen atoms in total. The van der Waals surface area contributed by atoms with E-state index in [1.165, 1.54) is 17.8 Å². The van der Waals surface area contributed by atoms with Gasteiger partial charge in [-0.1, -0.05) is 30.3 Å². The number of nitrogens with one attached hydrogen (secondary N) is 4. The summed E-state index contributed by atoms with van der Waals surface area (Å²) in [6.07, 6.45) is 1.82. The molecule has 10 heteroatoms. The molecule has 1 heterocycles. The van der Waals surface area contributed by atoms with Gasteiger partial charge in [-0.25, -0.2) is 4.79 Å². The van der Waals surface area contributed by atoms with E-state index in [4.69, 9.17) is 0 Å². The molecular formula is C25H23N5O4S. The number of rotatable bonds is 8. The molecule has 1 aliphatic rings. The number of nitrogens with zero attached hydrogens (tertiary/aromatic N) is 1. The summed E-state index contributed by atoms with van der Waals surface area (Å²) in [4.78, 5) is 50.5. The molecule has 0 atom stereocenters. The minimum Gasteiger partial charge on any atom is -0.338 e. The van der Waals surface area contributed by atoms with Crippen LogP contribution in [0.4, 0.5) is 16.2 Å². The molecule has 3 amide bonds. The summed E-state index contributed by atoms with van der Waals surface area (Å²) < 4.78 is 0. The molecule has 35 heavy (non-hydrogen) atoms. The van der Waals surface area contributed by atoms with Crippen LogP contribution in [0.15, 0.2) is 65.6 Å². The molecule has 0 unspecified atom stereocenters. The van der Waals surface area contributed by atoms with Gasteiger partial charge in [0.1, 0.15) is 11.4 Å². The number of para-hydroxylation sites is 1. The molecule has 1 aliphatic carbocycles. The molecule has 0 saturated carbocycles. The van der Waals surface area contributed by atoms with Crippen molar-refractivity contribution in [1.29, 1.82) is 0 Å². The van der Waals surface area contributed by atoms with Crippen molar-refractivity contribution in [3.8, 4) is 0 Å². The predicted molar refractivity (Wildman–Crippen MR) is 135 cm³/mol. The van der Waals surface area contributed by atoms with Crippen LogP contribution >= 0.6 is 11.8 Å². The summed E-state index contributed by atoms with van der Waals surface area (Å²) >= 11 is 1.20. The summed E-state index contributed by atoms with van der Waals surface area (Å²) in [6.45, 7) is 2.33. The Morgan fingerprint density at radius 2 is 1.77 bits per heavy atom. The molecule has 0 fully saturated rings. The van der Waals surface area contributed by atoms with Crippen LogP contribution in [0.1, 0.15) is 43.3 Å². The average molecular weight is 490 g/mol. The van der Waals surface area contributed by atoms with Gasteiger partial charge in [-0.3, -0.25) is 19.5 Å². The topological polar surface area (TPSA) is 133 Å². The molecule has 0 aliphatic heterocycles. The van der Waals surface area contributed by atoms with Gasteiger partial charge < -0.3 is 16.0 Å². The number of carbonyl (C=O) groups is 4. The molecule has 0 bridgehead atoms. The highest BCUT2D eigenvalue weighted by Gasteiger charge is 2.33. The van der Waals surface area contributed by atoms with Crippen molar-refractivity contribution in [2.75, 3.05) is 22.9 Å². The van der Waals surface area contributed by atoms with Gasteiger partial charge in [-0.05, 0) is 48.9 Å². The van der Waals surface area contributed by atoms with Gasteiger partial charge in [0.2, 0.25) is 11.6 Å². The van der Waals surface area contributed by atoms with E-state index in [0.717, 1.165) is 5.56 Å². The fourth-order valence-electron chi connectivity index (χ4n) is 3.46. The maximum atomic E-state index is 13.0. The first-order valence-electron chi connectivity index (χ1n) is 10.9. The molecule has 2 aromatic carbocycles. The maximum absolute atomic E-state index is 13.0. The van der Waals surface area contributed by atoms with E-state index >= 15 is 0 Å². The van der Waals surface area contributed by atoms with Crippen LogP contribution in [0, 0.1) is 6.92 Å². The number of H-pyrrole nitrogens is 1. The lowest BCUT2D eigenvalue weighted by Gasteiger charge is -2.12. The molecule has 0 spiro atoms. The van der Waals surface area contributed by atoms with Crippen LogP contribution in [0.2, 0.25) is 0 Å². The predicted octanol–water partition coefficient (Wildman–Crippen LogP) is 4.18. The van der Waals surface area contributed by atoms with Crippen molar-refractivity contribution in [2.45, 2.75) is 13.3 Å². The number of aryl methyl sites for hydroxylation is 1. The number of benzene rings is 2. The standard InChI is InChI=1S/C25H23N5O4S/c1-15-7-5-10-17(13-15)28-25(34)26-11-6-12-35-19-14-18(31)21-20(23(19)32)22(30-29-21)24(33)27-16-8-3-2-4-9-16/h2-5,7-10,13-14H,6,11-12H2,1H3,(H,27,33)(H,29,30)(H2,26,28,34). The molecule has 0 radical (unpaired) electrons. The minimum atomic E-state index is -0.554. The highest BCUT2D eigenvalue weighted by Crippen LogP contribution is 2.30. The second-order valence-corrected chi connectivity index (χ2v) is 8.93. The second-order valence-electron chi connectivity index (χ2n) is 7.80. The fourth-order valence-corrected chi connectivity index (χ4v) is 4.39. The van der Waals surface area contributed by atoms with Crippen LogP contribution in [0.25, 0.3) is 0 Å². The Balaban J connectivity index is 1.30. The Morgan fingerprint density at radius 1 is 1.00 bits per heavy atom. The summed E-state index contributed by atoms with van der Waals surface area (Å²) in [5, 5.41) is 14.6. The number of aromatic nitrogens is 2. The van der Waals surface area contributed by atoms with Crippen LogP contribution in [0.3, 0.4) is 0 Å². The van der Waals surface area contributed by atoms with Crippen molar-refractivity contribution in [3.05, 3.63) is 88.1 Å². The van der Waals surface area contributed by atoms with Gasteiger partial charge in [0, 0.05) is 24.0 Å². The molecule has 3 aromatic rings. The van der Waals surface area contributed by atoms with E-state index in [2.05, 4.69) is 26.1 Å². The van der Waals surface area contributed by atoms with Gasteiger partial charge in [0.05, 0.1) is 10.5 Å². The molecule has 0 saturated heterocycles. The highest BCUT2D eigenvalue weighted by atomic mass is 32.2. The minimum absolute atomic E-state index is 0.0240. The average Bonchev–Trinajstić information content (AvgIpc) is 3.29. The van der Waals surface area contributed by atoms with Crippen molar-refractivity contribution < 1.29 is 19.2 Å². The third-order valence-corrected chi connectivity index (χ3v) is 6.22. The number of Topliss-reactive ketones (excluding diaryl/α,β-unsaturated/α-hetero) is 1. The van der Waals surface area contributed by atoms with Crippen LogP contribution in [-0.2, 0) is 0 Å². The molecular weight excluding hydrogens is 466 g/mol. The van der Waals surface area contributed by atoms with Crippen molar-refractivity contribution >= 4 is 46.6 Å². The summed E-state index contributed by atoms with van der Waals surface area (Å²) in [5.41, 5.74) is 2.16. The molecule has 1 aromatic heterocycles. The number of fused-ring (bicyclic) bond motifs is 1. The first-order valence-corrected chi connectivity index (χ1v) is 11.9. The third-order valence-electron chi connectivity index (χ3n) is 5.11. The van der Waals surface area contributed by atoms with Gasteiger partial charge in [0.15, 0.2) is 0 Å². The lowest BCUT2D eigenvalue weighted by molar-refractivity contribution is 0.0979. The number of allylic oxidation sites excluding steroid dienone is 2. The first-order chi connectivity index (χ1) is 16.9. The largest absolute Gasteiger partial charge is 0.338 e. The Kier molecular flexibility index (Phi) is 7.41. The zero-order valence-electron chi connectivity index (χ0n) is 18.9. The first kappa shape index (κ1) is 24.0. The zero-order chi connectivity index (χ0) is 24.8.